The van der Waals surface area contributed by atoms with Gasteiger partial charge in [0.2, 0.25) is 0 Å². The van der Waals surface area contributed by atoms with E-state index in [2.05, 4.69) is 54.4 Å². The zero-order valence-corrected chi connectivity index (χ0v) is 21.7. The summed E-state index contributed by atoms with van der Waals surface area (Å²) < 4.78 is 17.8. The van der Waals surface area contributed by atoms with Gasteiger partial charge in [-0.25, -0.2) is 9.37 Å². The highest BCUT2D eigenvalue weighted by Crippen LogP contribution is 2.35. The molecule has 2 aromatic heterocycles. The minimum Gasteiger partial charge on any atom is -0.390 e. The van der Waals surface area contributed by atoms with E-state index in [9.17, 15) is 9.50 Å². The first-order valence-corrected chi connectivity index (χ1v) is 11.2. The van der Waals surface area contributed by atoms with Crippen LogP contribution in [0.5, 0.6) is 0 Å². The van der Waals surface area contributed by atoms with E-state index in [0.717, 1.165) is 40.6 Å². The molecule has 2 aliphatic heterocycles. The number of aromatic nitrogens is 3. The van der Waals surface area contributed by atoms with Gasteiger partial charge in [0, 0.05) is 49.5 Å². The predicted molar refractivity (Wildman–Crippen MR) is 148 cm³/mol. The molecule has 2 atom stereocenters. The van der Waals surface area contributed by atoms with Crippen molar-refractivity contribution >= 4 is 32.7 Å². The van der Waals surface area contributed by atoms with E-state index in [-0.39, 0.29) is 45.0 Å². The maximum Gasteiger partial charge on any atom is 0.161 e. The van der Waals surface area contributed by atoms with Crippen LogP contribution in [0.2, 0.25) is 0 Å². The van der Waals surface area contributed by atoms with Crippen molar-refractivity contribution in [1.82, 2.24) is 19.0 Å². The second-order valence-electron chi connectivity index (χ2n) is 9.19. The number of anilines is 1. The molecular weight excluding hydrogens is 481 g/mol. The van der Waals surface area contributed by atoms with Gasteiger partial charge in [-0.3, -0.25) is 4.57 Å². The van der Waals surface area contributed by atoms with E-state index in [4.69, 9.17) is 0 Å². The van der Waals surface area contributed by atoms with Gasteiger partial charge in [-0.1, -0.05) is 12.1 Å². The molecule has 4 aromatic rings. The Hall–Kier alpha value is -2.72. The van der Waals surface area contributed by atoms with E-state index < -0.39 is 0 Å². The Morgan fingerprint density at radius 2 is 1.77 bits per heavy atom. The van der Waals surface area contributed by atoms with Crippen LogP contribution in [0.4, 0.5) is 10.1 Å². The van der Waals surface area contributed by atoms with Crippen LogP contribution in [0, 0.1) is 5.82 Å². The number of hydrogen-bond donors (Lipinski definition) is 1. The lowest BCUT2D eigenvalue weighted by Gasteiger charge is -2.23. The highest BCUT2D eigenvalue weighted by molar-refractivity contribution is 7.59. The van der Waals surface area contributed by atoms with E-state index in [1.165, 1.54) is 17.7 Å². The molecular formula is C26H30FN5OS2. The number of likely N-dealkylation sites (N-methyl/N-ethyl adjacent to an activating group) is 1. The summed E-state index contributed by atoms with van der Waals surface area (Å²) in [6, 6.07) is 15.4. The molecule has 0 saturated carbocycles. The summed E-state index contributed by atoms with van der Waals surface area (Å²) in [7, 11) is 4.03. The number of nitrogens with zero attached hydrogens (tertiary/aromatic N) is 5. The highest BCUT2D eigenvalue weighted by atomic mass is 32.1. The Labute approximate surface area is 218 Å². The SMILES string of the molecule is CN(C)[C@H]1CN(c2ccc3c(c2)Cn2cc(-c4ccc(F)cc4)cc2-c2nccn2-3)C[C@@H]1O.S.S. The number of benzene rings is 2. The van der Waals surface area contributed by atoms with Crippen LogP contribution < -0.4 is 4.90 Å². The smallest absolute Gasteiger partial charge is 0.161 e. The van der Waals surface area contributed by atoms with E-state index >= 15 is 0 Å². The lowest BCUT2D eigenvalue weighted by Crippen LogP contribution is -2.38. The van der Waals surface area contributed by atoms with Crippen molar-refractivity contribution in [2.75, 3.05) is 32.1 Å². The van der Waals surface area contributed by atoms with Crippen molar-refractivity contribution in [3.63, 3.8) is 0 Å². The fourth-order valence-corrected chi connectivity index (χ4v) is 5.12. The number of aliphatic hydroxyl groups is 1. The van der Waals surface area contributed by atoms with Gasteiger partial charge < -0.3 is 19.5 Å². The standard InChI is InChI=1S/C26H26FN5O.2H2S/c1-29(2)24-15-30(16-25(24)33)21-7-8-22-19(11-21)14-31-13-18(17-3-5-20(27)6-4-17)12-23(31)26-28-9-10-32(22)26;;/h3-13,24-25,33H,14-16H2,1-2H3;2*1H2/t24-,25-;;/m0../s1. The van der Waals surface area contributed by atoms with Crippen LogP contribution in [-0.2, 0) is 6.54 Å². The Morgan fingerprint density at radius 3 is 2.49 bits per heavy atom. The topological polar surface area (TPSA) is 49.5 Å². The molecule has 2 aliphatic rings. The van der Waals surface area contributed by atoms with Gasteiger partial charge in [0.15, 0.2) is 5.82 Å². The Bertz CT molecular complexity index is 1330. The van der Waals surface area contributed by atoms with Gasteiger partial charge in [0.1, 0.15) is 5.82 Å². The third-order valence-electron chi connectivity index (χ3n) is 6.89. The molecule has 4 heterocycles. The third kappa shape index (κ3) is 4.38. The van der Waals surface area contributed by atoms with Gasteiger partial charge in [-0.05, 0) is 61.6 Å². The number of fused-ring (bicyclic) bond motifs is 5. The predicted octanol–water partition coefficient (Wildman–Crippen LogP) is 3.85. The number of aliphatic hydroxyl groups excluding tert-OH is 1. The van der Waals surface area contributed by atoms with Crippen LogP contribution in [0.3, 0.4) is 0 Å². The molecule has 0 radical (unpaired) electrons. The van der Waals surface area contributed by atoms with Gasteiger partial charge in [-0.15, -0.1) is 0 Å². The van der Waals surface area contributed by atoms with Crippen LogP contribution >= 0.6 is 27.0 Å². The van der Waals surface area contributed by atoms with Crippen LogP contribution in [0.1, 0.15) is 5.56 Å². The minimum atomic E-state index is -0.367. The molecule has 2 aromatic carbocycles. The zero-order chi connectivity index (χ0) is 22.7. The lowest BCUT2D eigenvalue weighted by molar-refractivity contribution is 0.114. The molecule has 6 rings (SSSR count). The molecule has 1 N–H and O–H groups in total. The number of rotatable bonds is 3. The fourth-order valence-electron chi connectivity index (χ4n) is 5.12. The maximum atomic E-state index is 13.4. The summed E-state index contributed by atoms with van der Waals surface area (Å²) in [6.45, 7) is 2.13. The molecule has 0 bridgehead atoms. The van der Waals surface area contributed by atoms with E-state index in [1.807, 2.05) is 38.6 Å². The van der Waals surface area contributed by atoms with Gasteiger partial charge >= 0.3 is 0 Å². The van der Waals surface area contributed by atoms with Crippen LogP contribution in [-0.4, -0.2) is 63.5 Å². The molecule has 1 fully saturated rings. The summed E-state index contributed by atoms with van der Waals surface area (Å²) >= 11 is 0. The Morgan fingerprint density at radius 1 is 1.00 bits per heavy atom. The summed E-state index contributed by atoms with van der Waals surface area (Å²) in [5.41, 5.74) is 6.46. The normalized spacial score (nSPS) is 18.3. The average molecular weight is 512 g/mol. The molecule has 6 nitrogen and oxygen atoms in total. The largest absolute Gasteiger partial charge is 0.390 e. The highest BCUT2D eigenvalue weighted by Gasteiger charge is 2.33. The molecule has 0 aliphatic carbocycles. The van der Waals surface area contributed by atoms with Crippen molar-refractivity contribution in [1.29, 1.82) is 0 Å². The first-order chi connectivity index (χ1) is 16.0. The number of halogens is 1. The quantitative estimate of drug-likeness (QED) is 0.400. The minimum absolute atomic E-state index is 0. The Balaban J connectivity index is 0.00000144. The van der Waals surface area contributed by atoms with E-state index in [1.54, 1.807) is 0 Å². The summed E-state index contributed by atoms with van der Waals surface area (Å²) in [5.74, 6) is 0.652. The first-order valence-electron chi connectivity index (χ1n) is 11.2. The van der Waals surface area contributed by atoms with Gasteiger partial charge in [-0.2, -0.15) is 27.0 Å². The molecule has 184 valence electrons. The van der Waals surface area contributed by atoms with Crippen LogP contribution in [0.15, 0.2) is 67.1 Å². The maximum absolute atomic E-state index is 13.4. The number of β-amino-alcohol motifs (C(OH)–C–C–N with tert-alkyl or cyclic N) is 1. The summed E-state index contributed by atoms with van der Waals surface area (Å²) in [4.78, 5) is 9.00. The van der Waals surface area contributed by atoms with Crippen molar-refractivity contribution in [3.05, 3.63) is 78.5 Å². The van der Waals surface area contributed by atoms with Crippen molar-refractivity contribution < 1.29 is 9.50 Å². The molecule has 0 spiro atoms. The monoisotopic (exact) mass is 511 g/mol. The Kier molecular flexibility index (Phi) is 7.06. The molecule has 0 unspecified atom stereocenters. The molecule has 35 heavy (non-hydrogen) atoms. The zero-order valence-electron chi connectivity index (χ0n) is 19.7. The number of hydrogen-bond acceptors (Lipinski definition) is 4. The molecule has 9 heteroatoms. The average Bonchev–Trinajstić information content (AvgIpc) is 3.51. The fraction of sp³-hybridized carbons (Fsp3) is 0.269. The number of imidazole rings is 1. The van der Waals surface area contributed by atoms with Crippen molar-refractivity contribution in [2.24, 2.45) is 0 Å². The summed E-state index contributed by atoms with van der Waals surface area (Å²) in [6.07, 6.45) is 5.57. The second-order valence-corrected chi connectivity index (χ2v) is 9.19. The van der Waals surface area contributed by atoms with E-state index in [0.29, 0.717) is 13.1 Å². The van der Waals surface area contributed by atoms with Gasteiger partial charge in [0.25, 0.3) is 0 Å². The molecule has 1 saturated heterocycles. The molecule has 0 amide bonds. The van der Waals surface area contributed by atoms with Crippen LogP contribution in [0.25, 0.3) is 28.3 Å². The van der Waals surface area contributed by atoms with Crippen molar-refractivity contribution in [3.8, 4) is 28.3 Å². The van der Waals surface area contributed by atoms with Gasteiger partial charge in [0.05, 0.1) is 23.5 Å². The van der Waals surface area contributed by atoms with Crippen molar-refractivity contribution in [2.45, 2.75) is 18.7 Å². The second kappa shape index (κ2) is 9.73. The lowest BCUT2D eigenvalue weighted by atomic mass is 10.1. The third-order valence-corrected chi connectivity index (χ3v) is 6.89. The summed E-state index contributed by atoms with van der Waals surface area (Å²) in [5, 5.41) is 10.5. The first kappa shape index (κ1) is 25.4.